The predicted molar refractivity (Wildman–Crippen MR) is 86.0 cm³/mol. The van der Waals surface area contributed by atoms with E-state index in [1.165, 1.54) is 6.92 Å². The minimum atomic E-state index is -0.152. The number of nitrogens with zero attached hydrogens (tertiary/aromatic N) is 1. The fourth-order valence-electron chi connectivity index (χ4n) is 2.38. The molecule has 0 saturated heterocycles. The van der Waals surface area contributed by atoms with Crippen LogP contribution in [-0.4, -0.2) is 23.7 Å². The van der Waals surface area contributed by atoms with Crippen molar-refractivity contribution >= 4 is 17.6 Å². The van der Waals surface area contributed by atoms with Crippen LogP contribution in [0.5, 0.6) is 0 Å². The van der Waals surface area contributed by atoms with Gasteiger partial charge in [-0.25, -0.2) is 9.79 Å². The number of aliphatic imine (C=N–C) groups is 1. The second-order valence-electron chi connectivity index (χ2n) is 6.52. The molecule has 4 nitrogen and oxygen atoms in total. The summed E-state index contributed by atoms with van der Waals surface area (Å²) in [4.78, 5) is 38.2. The van der Waals surface area contributed by atoms with Crippen molar-refractivity contribution in [1.29, 1.82) is 0 Å². The summed E-state index contributed by atoms with van der Waals surface area (Å²) in [5, 5.41) is 0. The highest BCUT2D eigenvalue weighted by molar-refractivity contribution is 6.07. The lowest BCUT2D eigenvalue weighted by Gasteiger charge is -2.25. The minimum Gasteiger partial charge on any atom is -0.294 e. The van der Waals surface area contributed by atoms with Gasteiger partial charge in [0.25, 0.3) is 0 Å². The number of isocyanates is 1. The number of carbonyl (C=O) groups is 2. The van der Waals surface area contributed by atoms with E-state index in [9.17, 15) is 14.4 Å². The lowest BCUT2D eigenvalue weighted by molar-refractivity contribution is 0.0957. The average molecular weight is 301 g/mol. The van der Waals surface area contributed by atoms with E-state index in [-0.39, 0.29) is 23.0 Å². The Bertz CT molecular complexity index is 593. The topological polar surface area (TPSA) is 63.6 Å². The third-order valence-electron chi connectivity index (χ3n) is 3.70. The molecule has 0 heterocycles. The molecule has 4 heteroatoms. The minimum absolute atomic E-state index is 0.0476. The smallest absolute Gasteiger partial charge is 0.235 e. The summed E-state index contributed by atoms with van der Waals surface area (Å²) >= 11 is 0. The molecule has 0 amide bonds. The fourth-order valence-corrected chi connectivity index (χ4v) is 2.38. The number of carbonyl (C=O) groups excluding carboxylic acids is 3. The number of Topliss-reactive ketones (excluding diaryl/α,β-unsaturated/α-hetero) is 2. The zero-order valence-electron chi connectivity index (χ0n) is 13.7. The Morgan fingerprint density at radius 1 is 1.18 bits per heavy atom. The Balaban J connectivity index is 2.71. The maximum absolute atomic E-state index is 12.3. The zero-order chi connectivity index (χ0) is 16.8. The number of ketones is 2. The zero-order valence-corrected chi connectivity index (χ0v) is 13.7. The van der Waals surface area contributed by atoms with Crippen LogP contribution in [-0.2, 0) is 4.79 Å². The molecule has 0 aliphatic rings. The molecule has 0 unspecified atom stereocenters. The molecule has 0 saturated carbocycles. The Kier molecular flexibility index (Phi) is 6.39. The summed E-state index contributed by atoms with van der Waals surface area (Å²) in [6.07, 6.45) is 3.22. The molecule has 1 aromatic rings. The van der Waals surface area contributed by atoms with Gasteiger partial charge in [-0.15, -0.1) is 0 Å². The van der Waals surface area contributed by atoms with Crippen LogP contribution in [0.25, 0.3) is 0 Å². The summed E-state index contributed by atoms with van der Waals surface area (Å²) in [6, 6.07) is 6.71. The quantitative estimate of drug-likeness (QED) is 0.434. The van der Waals surface area contributed by atoms with Gasteiger partial charge in [-0.2, -0.15) is 0 Å². The second kappa shape index (κ2) is 7.81. The van der Waals surface area contributed by atoms with Crippen molar-refractivity contribution < 1.29 is 14.4 Å². The largest absolute Gasteiger partial charge is 0.294 e. The molecular formula is C18H23NO3. The molecule has 0 N–H and O–H groups in total. The van der Waals surface area contributed by atoms with Crippen LogP contribution < -0.4 is 0 Å². The standard InChI is InChI=1S/C18H23NO3/c1-13(21)14-8-5-6-9-15(14)16(22)10-7-11-17(19-12-20)18(2,3)4/h5-6,8-9,17H,7,10-11H2,1-4H3/t17-/m1/s1. The number of hydrogen-bond acceptors (Lipinski definition) is 4. The first kappa shape index (κ1) is 18.0. The Labute approximate surface area is 131 Å². The van der Waals surface area contributed by atoms with Crippen molar-refractivity contribution in [2.75, 3.05) is 0 Å². The van der Waals surface area contributed by atoms with E-state index >= 15 is 0 Å². The van der Waals surface area contributed by atoms with E-state index in [2.05, 4.69) is 4.99 Å². The van der Waals surface area contributed by atoms with Gasteiger partial charge in [0.15, 0.2) is 11.6 Å². The van der Waals surface area contributed by atoms with Crippen LogP contribution in [0, 0.1) is 5.41 Å². The van der Waals surface area contributed by atoms with Crippen molar-refractivity contribution in [1.82, 2.24) is 0 Å². The van der Waals surface area contributed by atoms with Crippen molar-refractivity contribution in [3.05, 3.63) is 35.4 Å². The van der Waals surface area contributed by atoms with Gasteiger partial charge in [0.2, 0.25) is 6.08 Å². The molecule has 0 fully saturated rings. The van der Waals surface area contributed by atoms with E-state index in [0.717, 1.165) is 0 Å². The summed E-state index contributed by atoms with van der Waals surface area (Å²) in [5.41, 5.74) is 0.796. The van der Waals surface area contributed by atoms with E-state index in [0.29, 0.717) is 30.4 Å². The SMILES string of the molecule is CC(=O)c1ccccc1C(=O)CCC[C@@H](N=C=O)C(C)(C)C. The molecule has 22 heavy (non-hydrogen) atoms. The van der Waals surface area contributed by atoms with Gasteiger partial charge < -0.3 is 0 Å². The molecule has 0 radical (unpaired) electrons. The first-order valence-corrected chi connectivity index (χ1v) is 7.47. The van der Waals surface area contributed by atoms with Gasteiger partial charge in [0, 0.05) is 17.5 Å². The van der Waals surface area contributed by atoms with Crippen LogP contribution in [0.2, 0.25) is 0 Å². The van der Waals surface area contributed by atoms with Crippen molar-refractivity contribution in [3.8, 4) is 0 Å². The van der Waals surface area contributed by atoms with Crippen molar-refractivity contribution in [3.63, 3.8) is 0 Å². The molecule has 0 aromatic heterocycles. The van der Waals surface area contributed by atoms with Gasteiger partial charge in [-0.1, -0.05) is 45.0 Å². The van der Waals surface area contributed by atoms with E-state index in [1.807, 2.05) is 20.8 Å². The van der Waals surface area contributed by atoms with E-state index in [4.69, 9.17) is 0 Å². The van der Waals surface area contributed by atoms with Crippen LogP contribution in [0.4, 0.5) is 0 Å². The number of benzene rings is 1. The highest BCUT2D eigenvalue weighted by Gasteiger charge is 2.24. The predicted octanol–water partition coefficient (Wildman–Crippen LogP) is 3.99. The van der Waals surface area contributed by atoms with Crippen LogP contribution in [0.1, 0.15) is 67.7 Å². The highest BCUT2D eigenvalue weighted by Crippen LogP contribution is 2.26. The lowest BCUT2D eigenvalue weighted by Crippen LogP contribution is -2.24. The molecule has 0 aliphatic heterocycles. The van der Waals surface area contributed by atoms with Gasteiger partial charge in [-0.3, -0.25) is 9.59 Å². The second-order valence-corrected chi connectivity index (χ2v) is 6.52. The highest BCUT2D eigenvalue weighted by atomic mass is 16.1. The third-order valence-corrected chi connectivity index (χ3v) is 3.70. The third kappa shape index (κ3) is 5.05. The van der Waals surface area contributed by atoms with E-state index < -0.39 is 0 Å². The first-order chi connectivity index (χ1) is 10.3. The molecule has 1 atom stereocenters. The Hall–Kier alpha value is -2.06. The first-order valence-electron chi connectivity index (χ1n) is 7.47. The molecule has 0 bridgehead atoms. The van der Waals surface area contributed by atoms with Gasteiger partial charge in [0.1, 0.15) is 0 Å². The van der Waals surface area contributed by atoms with Crippen LogP contribution in [0.3, 0.4) is 0 Å². The van der Waals surface area contributed by atoms with Crippen molar-refractivity contribution in [2.45, 2.75) is 53.0 Å². The maximum atomic E-state index is 12.3. The summed E-state index contributed by atoms with van der Waals surface area (Å²) in [7, 11) is 0. The summed E-state index contributed by atoms with van der Waals surface area (Å²) in [6.45, 7) is 7.47. The van der Waals surface area contributed by atoms with Gasteiger partial charge in [0.05, 0.1) is 6.04 Å². The normalized spacial score (nSPS) is 12.4. The average Bonchev–Trinajstić information content (AvgIpc) is 2.45. The molecule has 0 aliphatic carbocycles. The molecule has 0 spiro atoms. The Morgan fingerprint density at radius 2 is 1.77 bits per heavy atom. The van der Waals surface area contributed by atoms with Crippen molar-refractivity contribution in [2.24, 2.45) is 10.4 Å². The molecule has 1 aromatic carbocycles. The molecule has 118 valence electrons. The van der Waals surface area contributed by atoms with E-state index in [1.54, 1.807) is 30.3 Å². The lowest BCUT2D eigenvalue weighted by atomic mass is 9.84. The van der Waals surface area contributed by atoms with Gasteiger partial charge >= 0.3 is 0 Å². The summed E-state index contributed by atoms with van der Waals surface area (Å²) < 4.78 is 0. The Morgan fingerprint density at radius 3 is 2.27 bits per heavy atom. The number of hydrogen-bond donors (Lipinski definition) is 0. The monoisotopic (exact) mass is 301 g/mol. The molecule has 1 rings (SSSR count). The fraction of sp³-hybridized carbons (Fsp3) is 0.500. The van der Waals surface area contributed by atoms with Crippen LogP contribution in [0.15, 0.2) is 29.3 Å². The van der Waals surface area contributed by atoms with Gasteiger partial charge in [-0.05, 0) is 25.2 Å². The van der Waals surface area contributed by atoms with Crippen LogP contribution >= 0.6 is 0 Å². The number of rotatable bonds is 7. The molecular weight excluding hydrogens is 278 g/mol. The summed E-state index contributed by atoms with van der Waals surface area (Å²) in [5.74, 6) is -0.157. The maximum Gasteiger partial charge on any atom is 0.235 e.